The van der Waals surface area contributed by atoms with Gasteiger partial charge >= 0.3 is 0 Å². The predicted octanol–water partition coefficient (Wildman–Crippen LogP) is 3.95. The third-order valence-electron chi connectivity index (χ3n) is 5.43. The number of hydrogen-bond donors (Lipinski definition) is 3. The average molecular weight is 477 g/mol. The molecule has 0 radical (unpaired) electrons. The largest absolute Gasteiger partial charge is 0.490 e. The first-order valence-corrected chi connectivity index (χ1v) is 12.5. The Bertz CT molecular complexity index is 770. The van der Waals surface area contributed by atoms with Gasteiger partial charge in [-0.3, -0.25) is 9.59 Å². The number of hydrogen-bond acceptors (Lipinski definition) is 4. The van der Waals surface area contributed by atoms with Gasteiger partial charge in [-0.25, -0.2) is 0 Å². The molecule has 0 saturated heterocycles. The summed E-state index contributed by atoms with van der Waals surface area (Å²) in [5, 5.41) is 2.98. The minimum Gasteiger partial charge on any atom is -0.490 e. The van der Waals surface area contributed by atoms with Crippen molar-refractivity contribution in [1.29, 1.82) is 0 Å². The zero-order valence-electron chi connectivity index (χ0n) is 21.4. The molecule has 8 nitrogen and oxygen atoms in total. The molecule has 1 aromatic carbocycles. The summed E-state index contributed by atoms with van der Waals surface area (Å²) in [6.45, 7) is 9.92. The molecule has 0 unspecified atom stereocenters. The molecular formula is C26H44N4O4. The van der Waals surface area contributed by atoms with Gasteiger partial charge in [0.05, 0.1) is 19.6 Å². The van der Waals surface area contributed by atoms with Crippen LogP contribution >= 0.6 is 0 Å². The fourth-order valence-electron chi connectivity index (χ4n) is 3.78. The molecule has 0 spiro atoms. The van der Waals surface area contributed by atoms with Crippen LogP contribution in [0.4, 0.5) is 0 Å². The van der Waals surface area contributed by atoms with Crippen molar-refractivity contribution in [1.82, 2.24) is 5.32 Å². The molecule has 0 atom stereocenters. The van der Waals surface area contributed by atoms with E-state index in [4.69, 9.17) is 20.9 Å². The van der Waals surface area contributed by atoms with Crippen LogP contribution in [0, 0.1) is 11.8 Å². The molecule has 0 aliphatic heterocycles. The average Bonchev–Trinajstić information content (AvgIpc) is 2.79. The molecular weight excluding hydrogens is 432 g/mol. The highest BCUT2D eigenvalue weighted by atomic mass is 16.5. The van der Waals surface area contributed by atoms with Gasteiger partial charge in [0.25, 0.3) is 5.91 Å². The summed E-state index contributed by atoms with van der Waals surface area (Å²) in [6.07, 6.45) is 8.78. The van der Waals surface area contributed by atoms with Gasteiger partial charge in [-0.05, 0) is 49.8 Å². The SMILES string of the molecule is CC(C)CNC(=O)CCC1CCCCC1.CCOc1ccc(CC(=O)N=C(N)N)cc1OCC. The highest BCUT2D eigenvalue weighted by molar-refractivity contribution is 5.92. The Hall–Kier alpha value is -2.77. The van der Waals surface area contributed by atoms with E-state index >= 15 is 0 Å². The van der Waals surface area contributed by atoms with Crippen LogP contribution in [-0.2, 0) is 16.0 Å². The zero-order chi connectivity index (χ0) is 25.3. The summed E-state index contributed by atoms with van der Waals surface area (Å²) < 4.78 is 10.9. The number of guanidine groups is 1. The Kier molecular flexibility index (Phi) is 14.4. The Morgan fingerprint density at radius 3 is 2.29 bits per heavy atom. The van der Waals surface area contributed by atoms with Gasteiger partial charge in [0, 0.05) is 13.0 Å². The molecule has 0 bridgehead atoms. The van der Waals surface area contributed by atoms with Gasteiger partial charge in [0.15, 0.2) is 17.5 Å². The number of ether oxygens (including phenoxy) is 2. The van der Waals surface area contributed by atoms with Crippen LogP contribution in [0.25, 0.3) is 0 Å². The minimum atomic E-state index is -0.397. The number of nitrogens with one attached hydrogen (secondary N) is 1. The summed E-state index contributed by atoms with van der Waals surface area (Å²) in [5.41, 5.74) is 11.1. The fourth-order valence-corrected chi connectivity index (χ4v) is 3.78. The van der Waals surface area contributed by atoms with Gasteiger partial charge in [0.2, 0.25) is 5.91 Å². The van der Waals surface area contributed by atoms with Gasteiger partial charge in [0.1, 0.15) is 0 Å². The van der Waals surface area contributed by atoms with Crippen LogP contribution in [0.1, 0.15) is 78.2 Å². The number of rotatable bonds is 11. The first kappa shape index (κ1) is 29.3. The Labute approximate surface area is 204 Å². The van der Waals surface area contributed by atoms with E-state index in [1.165, 1.54) is 32.1 Å². The molecule has 0 aromatic heterocycles. The van der Waals surface area contributed by atoms with Crippen molar-refractivity contribution in [2.45, 2.75) is 79.1 Å². The Balaban J connectivity index is 0.000000350. The van der Waals surface area contributed by atoms with E-state index in [-0.39, 0.29) is 18.3 Å². The Morgan fingerprint density at radius 2 is 1.71 bits per heavy atom. The van der Waals surface area contributed by atoms with E-state index in [9.17, 15) is 9.59 Å². The van der Waals surface area contributed by atoms with Crippen molar-refractivity contribution >= 4 is 17.8 Å². The maximum atomic E-state index is 11.5. The van der Waals surface area contributed by atoms with Crippen molar-refractivity contribution in [2.75, 3.05) is 19.8 Å². The summed E-state index contributed by atoms with van der Waals surface area (Å²) >= 11 is 0. The second-order valence-corrected chi connectivity index (χ2v) is 8.99. The molecule has 5 N–H and O–H groups in total. The normalized spacial score (nSPS) is 13.4. The summed E-state index contributed by atoms with van der Waals surface area (Å²) in [6, 6.07) is 5.31. The third-order valence-corrected chi connectivity index (χ3v) is 5.43. The van der Waals surface area contributed by atoms with Gasteiger partial charge in [-0.15, -0.1) is 0 Å². The second-order valence-electron chi connectivity index (χ2n) is 8.99. The monoisotopic (exact) mass is 476 g/mol. The maximum absolute atomic E-state index is 11.5. The molecule has 0 heterocycles. The molecule has 8 heteroatoms. The molecule has 1 saturated carbocycles. The first-order valence-electron chi connectivity index (χ1n) is 12.5. The predicted molar refractivity (Wildman–Crippen MR) is 137 cm³/mol. The van der Waals surface area contributed by atoms with E-state index in [0.717, 1.165) is 30.9 Å². The summed E-state index contributed by atoms with van der Waals surface area (Å²) in [5.74, 6) is 2.26. The molecule has 1 aliphatic rings. The molecule has 1 aliphatic carbocycles. The molecule has 1 fully saturated rings. The summed E-state index contributed by atoms with van der Waals surface area (Å²) in [7, 11) is 0. The lowest BCUT2D eigenvalue weighted by atomic mass is 9.86. The topological polar surface area (TPSA) is 129 Å². The number of carbonyl (C=O) groups is 2. The summed E-state index contributed by atoms with van der Waals surface area (Å²) in [4.78, 5) is 26.4. The van der Waals surface area contributed by atoms with Crippen molar-refractivity contribution in [3.8, 4) is 11.5 Å². The van der Waals surface area contributed by atoms with Gasteiger partial charge in [-0.2, -0.15) is 4.99 Å². The molecule has 192 valence electrons. The fraction of sp³-hybridized carbons (Fsp3) is 0.654. The van der Waals surface area contributed by atoms with Crippen LogP contribution < -0.4 is 26.3 Å². The number of amides is 2. The van der Waals surface area contributed by atoms with Gasteiger partial charge < -0.3 is 26.3 Å². The van der Waals surface area contributed by atoms with Crippen LogP contribution in [-0.4, -0.2) is 37.5 Å². The van der Waals surface area contributed by atoms with E-state index in [0.29, 0.717) is 30.6 Å². The lowest BCUT2D eigenvalue weighted by molar-refractivity contribution is -0.121. The maximum Gasteiger partial charge on any atom is 0.253 e. The van der Waals surface area contributed by atoms with E-state index in [1.54, 1.807) is 18.2 Å². The van der Waals surface area contributed by atoms with E-state index in [1.807, 2.05) is 13.8 Å². The number of nitrogens with zero attached hydrogens (tertiary/aromatic N) is 1. The lowest BCUT2D eigenvalue weighted by Gasteiger charge is -2.21. The number of carbonyl (C=O) groups excluding carboxylic acids is 2. The quantitative estimate of drug-likeness (QED) is 0.328. The zero-order valence-corrected chi connectivity index (χ0v) is 21.4. The van der Waals surface area contributed by atoms with Crippen molar-refractivity contribution < 1.29 is 19.1 Å². The van der Waals surface area contributed by atoms with Gasteiger partial charge in [-0.1, -0.05) is 52.0 Å². The van der Waals surface area contributed by atoms with Crippen molar-refractivity contribution in [2.24, 2.45) is 28.3 Å². The Morgan fingerprint density at radius 1 is 1.06 bits per heavy atom. The number of nitrogens with two attached hydrogens (primary N) is 2. The smallest absolute Gasteiger partial charge is 0.253 e. The van der Waals surface area contributed by atoms with E-state index < -0.39 is 5.91 Å². The molecule has 2 amide bonds. The number of aliphatic imine (C=N–C) groups is 1. The van der Waals surface area contributed by atoms with Crippen molar-refractivity contribution in [3.63, 3.8) is 0 Å². The molecule has 34 heavy (non-hydrogen) atoms. The minimum absolute atomic E-state index is 0.115. The second kappa shape index (κ2) is 16.8. The molecule has 1 aromatic rings. The van der Waals surface area contributed by atoms with Crippen molar-refractivity contribution in [3.05, 3.63) is 23.8 Å². The standard InChI is InChI=1S/C13H19N3O3.C13H25NO/c1-3-18-10-6-5-9(7-11(10)19-4-2)8-12(17)16-13(14)15;1-11(2)10-14-13(15)9-8-12-6-4-3-5-7-12/h5-7H,3-4,8H2,1-2H3,(H4,14,15,16,17);11-12H,3-10H2,1-2H3,(H,14,15). The van der Waals surface area contributed by atoms with E-state index in [2.05, 4.69) is 24.2 Å². The van der Waals surface area contributed by atoms with Crippen LogP contribution in [0.15, 0.2) is 23.2 Å². The first-order chi connectivity index (χ1) is 16.2. The third kappa shape index (κ3) is 13.1. The van der Waals surface area contributed by atoms with Crippen LogP contribution in [0.2, 0.25) is 0 Å². The van der Waals surface area contributed by atoms with Crippen LogP contribution in [0.5, 0.6) is 11.5 Å². The highest BCUT2D eigenvalue weighted by Crippen LogP contribution is 2.29. The molecule has 2 rings (SSSR count). The lowest BCUT2D eigenvalue weighted by Crippen LogP contribution is -2.27. The van der Waals surface area contributed by atoms with Crippen LogP contribution in [0.3, 0.4) is 0 Å². The number of benzene rings is 1. The highest BCUT2D eigenvalue weighted by Gasteiger charge is 2.14.